The lowest BCUT2D eigenvalue weighted by atomic mass is 9.98. The minimum atomic E-state index is -0.772. The first-order valence-electron chi connectivity index (χ1n) is 6.25. The average molecular weight is 243 g/mol. The third-order valence-electron chi connectivity index (χ3n) is 3.19. The van der Waals surface area contributed by atoms with Gasteiger partial charge < -0.3 is 15.2 Å². The Hall–Kier alpha value is -1.10. The number of carbonyl (C=O) groups excluding carboxylic acids is 1. The molecule has 0 aliphatic heterocycles. The molecule has 1 fully saturated rings. The van der Waals surface area contributed by atoms with Gasteiger partial charge in [-0.3, -0.25) is 9.59 Å². The Kier molecular flexibility index (Phi) is 5.41. The van der Waals surface area contributed by atoms with E-state index >= 15 is 0 Å². The molecule has 0 heterocycles. The lowest BCUT2D eigenvalue weighted by molar-refractivity contribution is -0.144. The Morgan fingerprint density at radius 1 is 1.35 bits per heavy atom. The standard InChI is InChI=1S/C12H21NO4/c1-2-17-10(14)6-5-9-13-12(11(15)16)7-3-4-8-12/h13H,2-9H2,1H3,(H,15,16). The molecule has 1 saturated carbocycles. The fraction of sp³-hybridized carbons (Fsp3) is 0.833. The van der Waals surface area contributed by atoms with Gasteiger partial charge in [0, 0.05) is 6.42 Å². The van der Waals surface area contributed by atoms with E-state index in [9.17, 15) is 14.7 Å². The molecule has 0 bridgehead atoms. The van der Waals surface area contributed by atoms with E-state index < -0.39 is 11.5 Å². The van der Waals surface area contributed by atoms with Crippen LogP contribution in [0, 0.1) is 0 Å². The Labute approximate surface area is 102 Å². The maximum Gasteiger partial charge on any atom is 0.323 e. The fourth-order valence-electron chi connectivity index (χ4n) is 2.24. The molecule has 0 unspecified atom stereocenters. The molecule has 1 aliphatic rings. The maximum atomic E-state index is 11.2. The zero-order valence-electron chi connectivity index (χ0n) is 10.3. The highest BCUT2D eigenvalue weighted by molar-refractivity contribution is 5.79. The van der Waals surface area contributed by atoms with Gasteiger partial charge in [0.15, 0.2) is 0 Å². The molecule has 98 valence electrons. The minimum absolute atomic E-state index is 0.218. The van der Waals surface area contributed by atoms with Crippen molar-refractivity contribution in [2.75, 3.05) is 13.2 Å². The number of ether oxygens (including phenoxy) is 1. The quantitative estimate of drug-likeness (QED) is 0.521. The number of nitrogens with one attached hydrogen (secondary N) is 1. The molecule has 1 aliphatic carbocycles. The molecule has 0 aromatic rings. The van der Waals surface area contributed by atoms with Crippen molar-refractivity contribution in [3.63, 3.8) is 0 Å². The topological polar surface area (TPSA) is 75.6 Å². The van der Waals surface area contributed by atoms with Gasteiger partial charge in [-0.2, -0.15) is 0 Å². The summed E-state index contributed by atoms with van der Waals surface area (Å²) in [5.74, 6) is -0.990. The Bertz CT molecular complexity index is 272. The van der Waals surface area contributed by atoms with Crippen LogP contribution in [0.2, 0.25) is 0 Å². The van der Waals surface area contributed by atoms with E-state index in [1.54, 1.807) is 6.92 Å². The monoisotopic (exact) mass is 243 g/mol. The van der Waals surface area contributed by atoms with Gasteiger partial charge in [0.2, 0.25) is 0 Å². The van der Waals surface area contributed by atoms with Gasteiger partial charge in [-0.15, -0.1) is 0 Å². The second-order valence-corrected chi connectivity index (χ2v) is 4.43. The van der Waals surface area contributed by atoms with E-state index in [1.807, 2.05) is 0 Å². The van der Waals surface area contributed by atoms with Crippen molar-refractivity contribution in [1.29, 1.82) is 0 Å². The van der Waals surface area contributed by atoms with Gasteiger partial charge in [0.25, 0.3) is 0 Å². The normalized spacial score (nSPS) is 17.9. The van der Waals surface area contributed by atoms with Crippen LogP contribution in [-0.4, -0.2) is 35.7 Å². The van der Waals surface area contributed by atoms with Gasteiger partial charge in [0.1, 0.15) is 5.54 Å². The predicted octanol–water partition coefficient (Wildman–Crippen LogP) is 1.32. The number of aliphatic carboxylic acids is 1. The highest BCUT2D eigenvalue weighted by Crippen LogP contribution is 2.29. The number of hydrogen-bond acceptors (Lipinski definition) is 4. The van der Waals surface area contributed by atoms with Crippen LogP contribution < -0.4 is 5.32 Å². The van der Waals surface area contributed by atoms with Gasteiger partial charge in [-0.05, 0) is 32.7 Å². The van der Waals surface area contributed by atoms with Crippen molar-refractivity contribution < 1.29 is 19.4 Å². The van der Waals surface area contributed by atoms with E-state index in [4.69, 9.17) is 4.74 Å². The molecular formula is C12H21NO4. The van der Waals surface area contributed by atoms with Crippen LogP contribution >= 0.6 is 0 Å². The van der Waals surface area contributed by atoms with Crippen molar-refractivity contribution in [1.82, 2.24) is 5.32 Å². The summed E-state index contributed by atoms with van der Waals surface area (Å²) < 4.78 is 4.80. The van der Waals surface area contributed by atoms with Crippen LogP contribution in [0.25, 0.3) is 0 Å². The fourth-order valence-corrected chi connectivity index (χ4v) is 2.24. The smallest absolute Gasteiger partial charge is 0.323 e. The summed E-state index contributed by atoms with van der Waals surface area (Å²) >= 11 is 0. The molecule has 17 heavy (non-hydrogen) atoms. The Morgan fingerprint density at radius 3 is 2.53 bits per heavy atom. The van der Waals surface area contributed by atoms with E-state index in [2.05, 4.69) is 5.32 Å². The molecule has 0 aromatic carbocycles. The highest BCUT2D eigenvalue weighted by Gasteiger charge is 2.40. The molecule has 1 rings (SSSR count). The zero-order chi connectivity index (χ0) is 12.7. The molecule has 0 spiro atoms. The first-order chi connectivity index (χ1) is 8.10. The molecule has 0 amide bonds. The second-order valence-electron chi connectivity index (χ2n) is 4.43. The van der Waals surface area contributed by atoms with Crippen molar-refractivity contribution in [3.8, 4) is 0 Å². The minimum Gasteiger partial charge on any atom is -0.480 e. The number of carboxylic acid groups (broad SMARTS) is 1. The van der Waals surface area contributed by atoms with Crippen LogP contribution in [0.5, 0.6) is 0 Å². The lowest BCUT2D eigenvalue weighted by Crippen LogP contribution is -2.50. The number of carbonyl (C=O) groups is 2. The summed E-state index contributed by atoms with van der Waals surface area (Å²) in [7, 11) is 0. The summed E-state index contributed by atoms with van der Waals surface area (Å²) in [5.41, 5.74) is -0.755. The molecule has 2 N–H and O–H groups in total. The largest absolute Gasteiger partial charge is 0.480 e. The maximum absolute atomic E-state index is 11.2. The van der Waals surface area contributed by atoms with Gasteiger partial charge >= 0.3 is 11.9 Å². The van der Waals surface area contributed by atoms with Gasteiger partial charge in [-0.25, -0.2) is 0 Å². The van der Waals surface area contributed by atoms with E-state index in [0.717, 1.165) is 12.8 Å². The molecular weight excluding hydrogens is 222 g/mol. The van der Waals surface area contributed by atoms with Crippen LogP contribution in [0.15, 0.2) is 0 Å². The van der Waals surface area contributed by atoms with Crippen LogP contribution in [-0.2, 0) is 14.3 Å². The van der Waals surface area contributed by atoms with Crippen molar-refractivity contribution in [2.45, 2.75) is 51.0 Å². The summed E-state index contributed by atoms with van der Waals surface area (Å²) in [6.07, 6.45) is 4.24. The predicted molar refractivity (Wildman–Crippen MR) is 62.7 cm³/mol. The van der Waals surface area contributed by atoms with E-state index in [-0.39, 0.29) is 5.97 Å². The summed E-state index contributed by atoms with van der Waals surface area (Å²) in [6.45, 7) is 2.71. The molecule has 0 saturated heterocycles. The van der Waals surface area contributed by atoms with Gasteiger partial charge in [-0.1, -0.05) is 12.8 Å². The summed E-state index contributed by atoms with van der Waals surface area (Å²) in [6, 6.07) is 0. The SMILES string of the molecule is CCOC(=O)CCCNC1(C(=O)O)CCCC1. The van der Waals surface area contributed by atoms with E-state index in [1.165, 1.54) is 0 Å². The third-order valence-corrected chi connectivity index (χ3v) is 3.19. The first kappa shape index (κ1) is 14.0. The average Bonchev–Trinajstić information content (AvgIpc) is 2.75. The third kappa shape index (κ3) is 4.00. The summed E-state index contributed by atoms with van der Waals surface area (Å²) in [4.78, 5) is 22.3. The molecule has 0 radical (unpaired) electrons. The molecule has 5 nitrogen and oxygen atoms in total. The van der Waals surface area contributed by atoms with Crippen LogP contribution in [0.3, 0.4) is 0 Å². The van der Waals surface area contributed by atoms with Gasteiger partial charge in [0.05, 0.1) is 6.61 Å². The molecule has 5 heteroatoms. The van der Waals surface area contributed by atoms with Crippen molar-refractivity contribution in [3.05, 3.63) is 0 Å². The molecule has 0 aromatic heterocycles. The first-order valence-corrected chi connectivity index (χ1v) is 6.25. The number of hydrogen-bond donors (Lipinski definition) is 2. The Balaban J connectivity index is 2.24. The van der Waals surface area contributed by atoms with Crippen LogP contribution in [0.4, 0.5) is 0 Å². The van der Waals surface area contributed by atoms with E-state index in [0.29, 0.717) is 38.8 Å². The highest BCUT2D eigenvalue weighted by atomic mass is 16.5. The lowest BCUT2D eigenvalue weighted by Gasteiger charge is -2.25. The number of esters is 1. The van der Waals surface area contributed by atoms with Crippen molar-refractivity contribution in [2.24, 2.45) is 0 Å². The van der Waals surface area contributed by atoms with Crippen LogP contribution in [0.1, 0.15) is 45.4 Å². The number of rotatable bonds is 7. The Morgan fingerprint density at radius 2 is 2.00 bits per heavy atom. The molecule has 0 atom stereocenters. The second kappa shape index (κ2) is 6.59. The number of carboxylic acids is 1. The summed E-state index contributed by atoms with van der Waals surface area (Å²) in [5, 5.41) is 12.3. The van der Waals surface area contributed by atoms with Crippen molar-refractivity contribution >= 4 is 11.9 Å². The zero-order valence-corrected chi connectivity index (χ0v) is 10.3.